The first kappa shape index (κ1) is 23.4. The lowest BCUT2D eigenvalue weighted by molar-refractivity contribution is 0.131. The molecule has 0 aliphatic carbocycles. The summed E-state index contributed by atoms with van der Waals surface area (Å²) in [6, 6.07) is 32.4. The third-order valence-corrected chi connectivity index (χ3v) is 6.55. The second-order valence-electron chi connectivity index (χ2n) is 8.94. The molecular formula is C28H36N2S. The number of rotatable bonds is 11. The summed E-state index contributed by atoms with van der Waals surface area (Å²) in [4.78, 5) is 5.14. The zero-order chi connectivity index (χ0) is 21.9. The largest absolute Gasteiger partial charge is 0.369 e. The predicted molar refractivity (Wildman–Crippen MR) is 138 cm³/mol. The van der Waals surface area contributed by atoms with Gasteiger partial charge < -0.3 is 4.90 Å². The van der Waals surface area contributed by atoms with Gasteiger partial charge >= 0.3 is 0 Å². The molecule has 0 bridgehead atoms. The molecule has 0 amide bonds. The summed E-state index contributed by atoms with van der Waals surface area (Å²) in [5, 5.41) is 0. The molecule has 0 saturated carbocycles. The summed E-state index contributed by atoms with van der Waals surface area (Å²) >= 11 is 2.02. The maximum absolute atomic E-state index is 2.59. The number of thioether (sulfide) groups is 1. The highest BCUT2D eigenvalue weighted by Gasteiger charge is 2.22. The third-order valence-electron chi connectivity index (χ3n) is 5.54. The molecule has 0 unspecified atom stereocenters. The minimum absolute atomic E-state index is 0.125. The monoisotopic (exact) mass is 432 g/mol. The molecular weight excluding hydrogens is 396 g/mol. The van der Waals surface area contributed by atoms with E-state index < -0.39 is 0 Å². The number of benzene rings is 3. The van der Waals surface area contributed by atoms with Crippen molar-refractivity contribution in [1.82, 2.24) is 4.90 Å². The van der Waals surface area contributed by atoms with Crippen LogP contribution >= 0.6 is 11.8 Å². The number of nitrogens with zero attached hydrogens (tertiary/aromatic N) is 2. The van der Waals surface area contributed by atoms with Gasteiger partial charge in [-0.25, -0.2) is 0 Å². The van der Waals surface area contributed by atoms with E-state index >= 15 is 0 Å². The van der Waals surface area contributed by atoms with Gasteiger partial charge in [-0.2, -0.15) is 11.8 Å². The first-order chi connectivity index (χ1) is 15.0. The Kier molecular flexibility index (Phi) is 9.05. The van der Waals surface area contributed by atoms with Crippen LogP contribution in [0.15, 0.2) is 91.0 Å². The number of hydrogen-bond donors (Lipinski definition) is 0. The van der Waals surface area contributed by atoms with Crippen LogP contribution in [0, 0.1) is 0 Å². The Hall–Kier alpha value is -2.23. The highest BCUT2D eigenvalue weighted by molar-refractivity contribution is 7.98. The van der Waals surface area contributed by atoms with Crippen LogP contribution in [-0.2, 0) is 12.3 Å². The topological polar surface area (TPSA) is 6.48 Å². The van der Waals surface area contributed by atoms with E-state index in [-0.39, 0.29) is 5.54 Å². The van der Waals surface area contributed by atoms with Crippen molar-refractivity contribution in [1.29, 1.82) is 0 Å². The van der Waals surface area contributed by atoms with Gasteiger partial charge in [0, 0.05) is 48.9 Å². The number of para-hydroxylation sites is 1. The quantitative estimate of drug-likeness (QED) is 0.310. The molecule has 0 spiro atoms. The van der Waals surface area contributed by atoms with Gasteiger partial charge in [0.25, 0.3) is 0 Å². The fraction of sp³-hybridized carbons (Fsp3) is 0.357. The summed E-state index contributed by atoms with van der Waals surface area (Å²) in [5.41, 5.74) is 4.22. The Balaban J connectivity index is 1.60. The zero-order valence-electron chi connectivity index (χ0n) is 19.2. The lowest BCUT2D eigenvalue weighted by atomic mass is 10.0. The molecule has 3 heteroatoms. The molecule has 0 radical (unpaired) electrons. The van der Waals surface area contributed by atoms with Crippen molar-refractivity contribution >= 4 is 17.4 Å². The Labute approximate surface area is 193 Å². The summed E-state index contributed by atoms with van der Waals surface area (Å²) < 4.78 is 0. The molecule has 3 aromatic carbocycles. The van der Waals surface area contributed by atoms with Crippen molar-refractivity contribution in [2.24, 2.45) is 0 Å². The van der Waals surface area contributed by atoms with Gasteiger partial charge in [0.2, 0.25) is 0 Å². The van der Waals surface area contributed by atoms with Crippen LogP contribution in [-0.4, -0.2) is 35.8 Å². The minimum atomic E-state index is 0.125. The van der Waals surface area contributed by atoms with Gasteiger partial charge in [-0.05, 0) is 44.0 Å². The number of hydrogen-bond acceptors (Lipinski definition) is 3. The molecule has 0 heterocycles. The molecule has 0 N–H and O–H groups in total. The van der Waals surface area contributed by atoms with E-state index in [1.165, 1.54) is 16.8 Å². The molecule has 0 atom stereocenters. The molecule has 2 nitrogen and oxygen atoms in total. The van der Waals surface area contributed by atoms with Crippen molar-refractivity contribution in [2.45, 2.75) is 38.6 Å². The van der Waals surface area contributed by atoms with Crippen LogP contribution in [0.2, 0.25) is 0 Å². The van der Waals surface area contributed by atoms with Gasteiger partial charge in [0.1, 0.15) is 0 Å². The van der Waals surface area contributed by atoms with E-state index in [4.69, 9.17) is 0 Å². The minimum Gasteiger partial charge on any atom is -0.369 e. The van der Waals surface area contributed by atoms with Crippen molar-refractivity contribution < 1.29 is 0 Å². The fourth-order valence-electron chi connectivity index (χ4n) is 3.64. The van der Waals surface area contributed by atoms with Crippen LogP contribution in [0.1, 0.15) is 31.9 Å². The van der Waals surface area contributed by atoms with E-state index in [0.29, 0.717) is 0 Å². The van der Waals surface area contributed by atoms with Gasteiger partial charge in [-0.1, -0.05) is 78.9 Å². The van der Waals surface area contributed by atoms with Crippen LogP contribution in [0.5, 0.6) is 0 Å². The van der Waals surface area contributed by atoms with Crippen molar-refractivity contribution in [2.75, 3.05) is 30.3 Å². The van der Waals surface area contributed by atoms with Gasteiger partial charge in [0.05, 0.1) is 0 Å². The highest BCUT2D eigenvalue weighted by atomic mass is 32.2. The molecule has 3 aromatic rings. The van der Waals surface area contributed by atoms with Gasteiger partial charge in [0.15, 0.2) is 0 Å². The summed E-state index contributed by atoms with van der Waals surface area (Å²) in [5.74, 6) is 2.20. The molecule has 0 aliphatic rings. The Morgan fingerprint density at radius 2 is 1.19 bits per heavy atom. The van der Waals surface area contributed by atoms with Gasteiger partial charge in [-0.3, -0.25) is 4.90 Å². The molecule has 0 aromatic heterocycles. The van der Waals surface area contributed by atoms with E-state index in [9.17, 15) is 0 Å². The number of anilines is 1. The van der Waals surface area contributed by atoms with Gasteiger partial charge in [-0.15, -0.1) is 0 Å². The lowest BCUT2D eigenvalue weighted by Crippen LogP contribution is -2.45. The predicted octanol–water partition coefficient (Wildman–Crippen LogP) is 6.73. The zero-order valence-corrected chi connectivity index (χ0v) is 20.0. The van der Waals surface area contributed by atoms with Crippen molar-refractivity contribution in [3.63, 3.8) is 0 Å². The van der Waals surface area contributed by atoms with E-state index in [2.05, 4.69) is 122 Å². The van der Waals surface area contributed by atoms with Crippen molar-refractivity contribution in [3.8, 4) is 0 Å². The maximum atomic E-state index is 2.59. The second-order valence-corrected chi connectivity index (χ2v) is 10.0. The van der Waals surface area contributed by atoms with Crippen LogP contribution < -0.4 is 4.90 Å². The van der Waals surface area contributed by atoms with Crippen LogP contribution in [0.3, 0.4) is 0 Å². The molecule has 31 heavy (non-hydrogen) atoms. The van der Waals surface area contributed by atoms with Crippen molar-refractivity contribution in [3.05, 3.63) is 102 Å². The van der Waals surface area contributed by atoms with E-state index in [1.54, 1.807) is 0 Å². The van der Waals surface area contributed by atoms with Crippen LogP contribution in [0.4, 0.5) is 5.69 Å². The molecule has 3 rings (SSSR count). The summed E-state index contributed by atoms with van der Waals surface area (Å²) in [7, 11) is 0. The Morgan fingerprint density at radius 3 is 1.77 bits per heavy atom. The molecule has 0 saturated heterocycles. The summed E-state index contributed by atoms with van der Waals surface area (Å²) in [6.45, 7) is 11.1. The van der Waals surface area contributed by atoms with Crippen LogP contribution in [0.25, 0.3) is 0 Å². The first-order valence-electron chi connectivity index (χ1n) is 11.2. The Bertz CT molecular complexity index is 860. The fourth-order valence-corrected chi connectivity index (χ4v) is 4.57. The normalized spacial score (nSPS) is 11.6. The maximum Gasteiger partial charge on any atom is 0.0366 e. The second kappa shape index (κ2) is 12.0. The SMILES string of the molecule is CC(C)(C)N(CCN(CCSCc1ccccc1)c1ccccc1)Cc1ccccc1. The first-order valence-corrected chi connectivity index (χ1v) is 12.4. The molecule has 0 fully saturated rings. The Morgan fingerprint density at radius 1 is 0.645 bits per heavy atom. The third kappa shape index (κ3) is 8.08. The average molecular weight is 433 g/mol. The average Bonchev–Trinajstić information content (AvgIpc) is 2.79. The van der Waals surface area contributed by atoms with E-state index in [0.717, 1.165) is 37.7 Å². The molecule has 0 aliphatic heterocycles. The lowest BCUT2D eigenvalue weighted by Gasteiger charge is -2.38. The smallest absolute Gasteiger partial charge is 0.0366 e. The standard InChI is InChI=1S/C28H36N2S/c1-28(2,3)30(23-25-13-7-4-8-14-25)20-19-29(27-17-11-6-12-18-27)21-22-31-24-26-15-9-5-10-16-26/h4-18H,19-24H2,1-3H3. The molecule has 164 valence electrons. The highest BCUT2D eigenvalue weighted by Crippen LogP contribution is 2.20. The van der Waals surface area contributed by atoms with E-state index in [1.807, 2.05) is 11.8 Å². The summed E-state index contributed by atoms with van der Waals surface area (Å²) in [6.07, 6.45) is 0.